The third kappa shape index (κ3) is 34.0. The first-order chi connectivity index (χ1) is 38.1. The Kier molecular flexibility index (Phi) is 45.0. The molecule has 0 saturated carbocycles. The van der Waals surface area contributed by atoms with Crippen LogP contribution in [0.3, 0.4) is 0 Å². The van der Waals surface area contributed by atoms with Crippen molar-refractivity contribution < 1.29 is 64.6 Å². The van der Waals surface area contributed by atoms with Crippen molar-refractivity contribution in [2.45, 2.75) is 306 Å². The van der Waals surface area contributed by atoms with E-state index in [2.05, 4.69) is 79.9 Å². The molecule has 0 spiro atoms. The molecule has 0 aromatic carbocycles. The molecule has 0 radical (unpaired) electrons. The van der Waals surface area contributed by atoms with Crippen LogP contribution >= 0.6 is 0 Å². The van der Waals surface area contributed by atoms with Crippen molar-refractivity contribution in [3.05, 3.63) is 72.9 Å². The molecule has 0 bridgehead atoms. The average molecular weight is 1100 g/mol. The van der Waals surface area contributed by atoms with Gasteiger partial charge in [0.15, 0.2) is 12.6 Å². The first kappa shape index (κ1) is 71.5. The van der Waals surface area contributed by atoms with Gasteiger partial charge in [-0.1, -0.05) is 228 Å². The Morgan fingerprint density at radius 3 is 1.41 bits per heavy atom. The topological polar surface area (TPSA) is 228 Å². The lowest BCUT2D eigenvalue weighted by atomic mass is 9.97. The number of rotatable bonds is 49. The number of nitrogens with one attached hydrogen (secondary N) is 1. The summed E-state index contributed by atoms with van der Waals surface area (Å²) in [5.74, 6) is -0.253. The second-order valence-corrected chi connectivity index (χ2v) is 21.8. The molecule has 2 saturated heterocycles. The van der Waals surface area contributed by atoms with E-state index < -0.39 is 86.8 Å². The van der Waals surface area contributed by atoms with Crippen LogP contribution in [-0.2, 0) is 23.7 Å². The van der Waals surface area contributed by atoms with Gasteiger partial charge in [0.25, 0.3) is 0 Å². The molecule has 78 heavy (non-hydrogen) atoms. The van der Waals surface area contributed by atoms with Crippen LogP contribution in [0.25, 0.3) is 0 Å². The predicted molar refractivity (Wildman–Crippen MR) is 313 cm³/mol. The SMILES string of the molecule is CC/C=C\C/C=C\C/C=C\C/C=C\CCCCCCCCCCCCCCC(=O)NC(COC1OC(CO)C(OC2OC(CO)C(O)C(O)C2O)C(O)C1O)C(O)/C=C/CC/C=C/CCCCCCCCCCCCCCC. The van der Waals surface area contributed by atoms with E-state index in [1.165, 1.54) is 135 Å². The van der Waals surface area contributed by atoms with Gasteiger partial charge in [0.1, 0.15) is 48.8 Å². The van der Waals surface area contributed by atoms with E-state index in [-0.39, 0.29) is 18.9 Å². The second kappa shape index (κ2) is 49.1. The first-order valence-electron chi connectivity index (χ1n) is 31.2. The molecule has 2 fully saturated rings. The van der Waals surface area contributed by atoms with Crippen molar-refractivity contribution in [1.82, 2.24) is 5.32 Å². The van der Waals surface area contributed by atoms with Crippen LogP contribution in [0.15, 0.2) is 72.9 Å². The minimum atomic E-state index is -1.79. The van der Waals surface area contributed by atoms with Gasteiger partial charge in [-0.15, -0.1) is 0 Å². The number of aliphatic hydroxyl groups is 8. The highest BCUT2D eigenvalue weighted by Crippen LogP contribution is 2.30. The third-order valence-corrected chi connectivity index (χ3v) is 14.9. The van der Waals surface area contributed by atoms with Crippen molar-refractivity contribution >= 4 is 5.91 Å². The Labute approximate surface area is 472 Å². The van der Waals surface area contributed by atoms with Crippen LogP contribution in [0.4, 0.5) is 0 Å². The molecule has 452 valence electrons. The fraction of sp³-hybridized carbons (Fsp3) is 0.797. The molecule has 14 nitrogen and oxygen atoms in total. The first-order valence-corrected chi connectivity index (χ1v) is 31.2. The van der Waals surface area contributed by atoms with Crippen LogP contribution in [0.5, 0.6) is 0 Å². The molecule has 12 atom stereocenters. The maximum Gasteiger partial charge on any atom is 0.220 e. The Morgan fingerprint density at radius 1 is 0.474 bits per heavy atom. The quantitative estimate of drug-likeness (QED) is 0.0204. The Balaban J connectivity index is 1.75. The molecule has 0 aromatic rings. The molecule has 2 aliphatic heterocycles. The highest BCUT2D eigenvalue weighted by atomic mass is 16.7. The standard InChI is InChI=1S/C64H113NO13/c1-3-5-7-9-11-13-15-17-19-21-23-24-25-26-27-28-30-32-34-36-38-40-42-44-46-48-56(69)65-52(53(68)47-45-43-41-39-37-35-33-31-29-22-20-18-16-14-12-10-8-6-4-2)51-75-63-61(74)59(72)62(55(50-67)77-63)78-64-60(73)58(71)57(70)54(49-66)76-64/h5,7,11,13,17,19,23-24,37,39,45,47,52-55,57-64,66-68,70-74H,3-4,6,8-10,12,14-16,18,20-22,25-36,38,40-44,46,48-51H2,1-2H3,(H,65,69)/b7-5-,13-11-,19-17-,24-23-,39-37+,47-45+. The van der Waals surface area contributed by atoms with Gasteiger partial charge >= 0.3 is 0 Å². The number of allylic oxidation sites excluding steroid dienone is 11. The minimum absolute atomic E-state index is 0.253. The Morgan fingerprint density at radius 2 is 0.897 bits per heavy atom. The van der Waals surface area contributed by atoms with Gasteiger partial charge in [0.05, 0.1) is 32.0 Å². The summed E-state index contributed by atoms with van der Waals surface area (Å²) in [6.45, 7) is 2.68. The number of unbranched alkanes of at least 4 members (excludes halogenated alkanes) is 26. The number of carbonyl (C=O) groups excluding carboxylic acids is 1. The maximum atomic E-state index is 13.3. The zero-order valence-corrected chi connectivity index (χ0v) is 48.6. The molecule has 9 N–H and O–H groups in total. The van der Waals surface area contributed by atoms with Crippen LogP contribution < -0.4 is 5.32 Å². The third-order valence-electron chi connectivity index (χ3n) is 14.9. The van der Waals surface area contributed by atoms with E-state index in [9.17, 15) is 45.6 Å². The number of aliphatic hydroxyl groups excluding tert-OH is 8. The zero-order valence-electron chi connectivity index (χ0n) is 48.6. The number of carbonyl (C=O) groups is 1. The molecule has 0 aromatic heterocycles. The van der Waals surface area contributed by atoms with Crippen molar-refractivity contribution in [3.8, 4) is 0 Å². The number of hydrogen-bond donors (Lipinski definition) is 9. The van der Waals surface area contributed by atoms with E-state index in [0.717, 1.165) is 64.2 Å². The van der Waals surface area contributed by atoms with Crippen LogP contribution in [-0.4, -0.2) is 140 Å². The van der Waals surface area contributed by atoms with E-state index in [0.29, 0.717) is 12.8 Å². The monoisotopic (exact) mass is 1100 g/mol. The molecule has 12 unspecified atom stereocenters. The van der Waals surface area contributed by atoms with Gasteiger partial charge in [-0.05, 0) is 70.6 Å². The smallest absolute Gasteiger partial charge is 0.220 e. The molecule has 2 rings (SSSR count). The lowest BCUT2D eigenvalue weighted by Gasteiger charge is -2.46. The molecule has 14 heteroatoms. The van der Waals surface area contributed by atoms with Crippen molar-refractivity contribution in [2.75, 3.05) is 19.8 Å². The second-order valence-electron chi connectivity index (χ2n) is 21.8. The summed E-state index contributed by atoms with van der Waals surface area (Å²) in [6.07, 6.45) is 47.9. The highest BCUT2D eigenvalue weighted by molar-refractivity contribution is 5.76. The molecular formula is C64H113NO13. The van der Waals surface area contributed by atoms with E-state index in [1.807, 2.05) is 6.08 Å². The normalized spacial score (nSPS) is 25.1. The predicted octanol–water partition coefficient (Wildman–Crippen LogP) is 11.1. The van der Waals surface area contributed by atoms with Gasteiger partial charge in [0.2, 0.25) is 5.91 Å². The zero-order chi connectivity index (χ0) is 56.7. The van der Waals surface area contributed by atoms with E-state index in [4.69, 9.17) is 18.9 Å². The fourth-order valence-corrected chi connectivity index (χ4v) is 9.89. The number of amides is 1. The van der Waals surface area contributed by atoms with Crippen molar-refractivity contribution in [1.29, 1.82) is 0 Å². The number of ether oxygens (including phenoxy) is 4. The number of hydrogen-bond acceptors (Lipinski definition) is 13. The Hall–Kier alpha value is -2.57. The van der Waals surface area contributed by atoms with Gasteiger partial charge in [-0.3, -0.25) is 4.79 Å². The fourth-order valence-electron chi connectivity index (χ4n) is 9.89. The lowest BCUT2D eigenvalue weighted by Crippen LogP contribution is -2.65. The van der Waals surface area contributed by atoms with Crippen LogP contribution in [0.2, 0.25) is 0 Å². The summed E-state index contributed by atoms with van der Waals surface area (Å²) in [6, 6.07) is -0.936. The van der Waals surface area contributed by atoms with Crippen molar-refractivity contribution in [3.63, 3.8) is 0 Å². The maximum absolute atomic E-state index is 13.3. The summed E-state index contributed by atoms with van der Waals surface area (Å²) in [5, 5.41) is 87.2. The van der Waals surface area contributed by atoms with Crippen molar-refractivity contribution in [2.24, 2.45) is 0 Å². The van der Waals surface area contributed by atoms with E-state index >= 15 is 0 Å². The lowest BCUT2D eigenvalue weighted by molar-refractivity contribution is -0.359. The van der Waals surface area contributed by atoms with Gasteiger partial charge in [-0.25, -0.2) is 0 Å². The summed E-state index contributed by atoms with van der Waals surface area (Å²) in [4.78, 5) is 13.3. The van der Waals surface area contributed by atoms with Gasteiger partial charge in [-0.2, -0.15) is 0 Å². The molecule has 1 amide bonds. The summed E-state index contributed by atoms with van der Waals surface area (Å²) >= 11 is 0. The molecule has 0 aliphatic carbocycles. The molecule has 2 heterocycles. The molecular weight excluding hydrogens is 991 g/mol. The summed E-state index contributed by atoms with van der Waals surface area (Å²) in [5.41, 5.74) is 0. The van der Waals surface area contributed by atoms with E-state index in [1.54, 1.807) is 6.08 Å². The highest BCUT2D eigenvalue weighted by Gasteiger charge is 2.51. The minimum Gasteiger partial charge on any atom is -0.394 e. The average Bonchev–Trinajstić information content (AvgIpc) is 3.44. The molecule has 2 aliphatic rings. The summed E-state index contributed by atoms with van der Waals surface area (Å²) in [7, 11) is 0. The van der Waals surface area contributed by atoms with Gasteiger partial charge in [0, 0.05) is 6.42 Å². The largest absolute Gasteiger partial charge is 0.394 e. The van der Waals surface area contributed by atoms with Crippen LogP contribution in [0.1, 0.15) is 232 Å². The summed E-state index contributed by atoms with van der Waals surface area (Å²) < 4.78 is 22.8. The van der Waals surface area contributed by atoms with Crippen LogP contribution in [0, 0.1) is 0 Å². The van der Waals surface area contributed by atoms with Gasteiger partial charge < -0.3 is 65.1 Å². The Bertz CT molecular complexity index is 1580.